The molecule has 0 bridgehead atoms. The number of hydrogen-bond donors (Lipinski definition) is 1. The lowest BCUT2D eigenvalue weighted by atomic mass is 9.86. The maximum absolute atomic E-state index is 13.4. The Morgan fingerprint density at radius 1 is 1.30 bits per heavy atom. The van der Waals surface area contributed by atoms with Crippen LogP contribution in [-0.2, 0) is 12.6 Å². The van der Waals surface area contributed by atoms with E-state index in [1.807, 2.05) is 24.3 Å². The molecule has 158 valence electrons. The van der Waals surface area contributed by atoms with Gasteiger partial charge in [0.2, 0.25) is 0 Å². The Labute approximate surface area is 171 Å². The molecule has 0 aliphatic heterocycles. The fourth-order valence-corrected chi connectivity index (χ4v) is 4.11. The number of benzene rings is 1. The Morgan fingerprint density at radius 2 is 2.07 bits per heavy atom. The molecule has 0 spiro atoms. The lowest BCUT2D eigenvalue weighted by Crippen LogP contribution is -2.38. The molecule has 6 nitrogen and oxygen atoms in total. The van der Waals surface area contributed by atoms with E-state index in [1.165, 1.54) is 17.9 Å². The highest BCUT2D eigenvalue weighted by Gasteiger charge is 2.36. The fourth-order valence-electron chi connectivity index (χ4n) is 4.11. The van der Waals surface area contributed by atoms with Crippen LogP contribution < -0.4 is 0 Å². The van der Waals surface area contributed by atoms with Crippen LogP contribution in [0.1, 0.15) is 51.9 Å². The third-order valence-electron chi connectivity index (χ3n) is 5.38. The summed E-state index contributed by atoms with van der Waals surface area (Å²) >= 11 is 0. The molecule has 1 aromatic carbocycles. The Kier molecular flexibility index (Phi) is 5.23. The Balaban J connectivity index is 1.76. The van der Waals surface area contributed by atoms with Crippen LogP contribution in [0.25, 0.3) is 5.65 Å². The molecule has 0 saturated heterocycles. The van der Waals surface area contributed by atoms with Gasteiger partial charge in [0.1, 0.15) is 5.69 Å². The number of alkyl halides is 3. The number of fused-ring (bicyclic) bond motifs is 2. The lowest BCUT2D eigenvalue weighted by Gasteiger charge is -2.35. The number of aliphatic hydroxyl groups is 1. The second kappa shape index (κ2) is 7.71. The molecule has 1 unspecified atom stereocenters. The number of nitrogens with zero attached hydrogens (tertiary/aromatic N) is 4. The summed E-state index contributed by atoms with van der Waals surface area (Å²) in [5.74, 6) is -0.526. The van der Waals surface area contributed by atoms with Gasteiger partial charge in [-0.25, -0.2) is 9.50 Å². The molecule has 0 fully saturated rings. The highest BCUT2D eigenvalue weighted by molar-refractivity contribution is 5.93. The second-order valence-corrected chi connectivity index (χ2v) is 7.41. The van der Waals surface area contributed by atoms with E-state index in [0.717, 1.165) is 30.0 Å². The number of amides is 1. The predicted molar refractivity (Wildman–Crippen MR) is 103 cm³/mol. The maximum Gasteiger partial charge on any atom is 0.433 e. The molecular formula is C21H21F3N4O2. The molecule has 2 heterocycles. The van der Waals surface area contributed by atoms with E-state index in [2.05, 4.69) is 10.1 Å². The minimum atomic E-state index is -4.63. The Morgan fingerprint density at radius 3 is 2.80 bits per heavy atom. The van der Waals surface area contributed by atoms with Crippen LogP contribution in [0.2, 0.25) is 0 Å². The van der Waals surface area contributed by atoms with Gasteiger partial charge in [-0.2, -0.15) is 18.3 Å². The van der Waals surface area contributed by atoms with Gasteiger partial charge in [-0.15, -0.1) is 0 Å². The minimum Gasteiger partial charge on any atom is -0.395 e. The molecule has 0 radical (unpaired) electrons. The average Bonchev–Trinajstić information content (AvgIpc) is 3.13. The number of aliphatic hydroxyl groups excluding tert-OH is 1. The van der Waals surface area contributed by atoms with Crippen molar-refractivity contribution in [3.8, 4) is 0 Å². The zero-order chi connectivity index (χ0) is 21.5. The molecule has 30 heavy (non-hydrogen) atoms. The van der Waals surface area contributed by atoms with Gasteiger partial charge in [-0.1, -0.05) is 24.3 Å². The number of halogens is 3. The van der Waals surface area contributed by atoms with Crippen molar-refractivity contribution in [2.75, 3.05) is 13.2 Å². The average molecular weight is 418 g/mol. The molecule has 1 N–H and O–H groups in total. The normalized spacial score (nSPS) is 16.5. The summed E-state index contributed by atoms with van der Waals surface area (Å²) in [6.45, 7) is 1.26. The first kappa shape index (κ1) is 20.3. The summed E-state index contributed by atoms with van der Waals surface area (Å²) in [5, 5.41) is 13.5. The van der Waals surface area contributed by atoms with Gasteiger partial charge in [0, 0.05) is 18.3 Å². The smallest absolute Gasteiger partial charge is 0.395 e. The van der Waals surface area contributed by atoms with Crippen molar-refractivity contribution in [2.24, 2.45) is 0 Å². The summed E-state index contributed by atoms with van der Waals surface area (Å²) in [5.41, 5.74) is 1.16. The molecule has 0 saturated carbocycles. The molecule has 1 amide bonds. The monoisotopic (exact) mass is 418 g/mol. The standard InChI is InChI=1S/C21H21F3N4O2/c1-13-11-18(21(22,23)24)28-19(25-13)12-16(26-28)20(30)27(9-10-29)17-8-4-6-14-5-2-3-7-15(14)17/h2-3,5,7,11-12,17,29H,4,6,8-10H2,1H3. The number of hydrogen-bond acceptors (Lipinski definition) is 4. The molecule has 3 aromatic rings. The highest BCUT2D eigenvalue weighted by Crippen LogP contribution is 2.35. The van der Waals surface area contributed by atoms with Crippen molar-refractivity contribution in [1.82, 2.24) is 19.5 Å². The third kappa shape index (κ3) is 3.65. The van der Waals surface area contributed by atoms with Crippen LogP contribution in [0.4, 0.5) is 13.2 Å². The number of aryl methyl sites for hydroxylation is 2. The zero-order valence-electron chi connectivity index (χ0n) is 16.4. The Hall–Kier alpha value is -2.94. The predicted octanol–water partition coefficient (Wildman–Crippen LogP) is 3.57. The topological polar surface area (TPSA) is 70.7 Å². The molecule has 9 heteroatoms. The zero-order valence-corrected chi connectivity index (χ0v) is 16.4. The van der Waals surface area contributed by atoms with Crippen molar-refractivity contribution in [3.63, 3.8) is 0 Å². The molecule has 1 atom stereocenters. The molecule has 2 aromatic heterocycles. The van der Waals surface area contributed by atoms with Gasteiger partial charge >= 0.3 is 6.18 Å². The van der Waals surface area contributed by atoms with E-state index in [0.29, 0.717) is 10.9 Å². The van der Waals surface area contributed by atoms with Crippen LogP contribution in [-0.4, -0.2) is 43.7 Å². The van der Waals surface area contributed by atoms with Gasteiger partial charge in [-0.05, 0) is 43.4 Å². The number of carbonyl (C=O) groups excluding carboxylic acids is 1. The van der Waals surface area contributed by atoms with Gasteiger partial charge in [0.25, 0.3) is 5.91 Å². The van der Waals surface area contributed by atoms with Crippen molar-refractivity contribution in [3.05, 3.63) is 64.6 Å². The quantitative estimate of drug-likeness (QED) is 0.703. The summed E-state index contributed by atoms with van der Waals surface area (Å²) in [6.07, 6.45) is -2.14. The first-order chi connectivity index (χ1) is 14.3. The number of carbonyl (C=O) groups is 1. The highest BCUT2D eigenvalue weighted by atomic mass is 19.4. The third-order valence-corrected chi connectivity index (χ3v) is 5.38. The largest absolute Gasteiger partial charge is 0.433 e. The van der Waals surface area contributed by atoms with Crippen LogP contribution in [0.3, 0.4) is 0 Å². The Bertz CT molecular complexity index is 1090. The first-order valence-electron chi connectivity index (χ1n) is 9.74. The van der Waals surface area contributed by atoms with E-state index in [1.54, 1.807) is 0 Å². The van der Waals surface area contributed by atoms with Crippen LogP contribution in [0.5, 0.6) is 0 Å². The van der Waals surface area contributed by atoms with E-state index in [-0.39, 0.29) is 36.2 Å². The van der Waals surface area contributed by atoms with E-state index < -0.39 is 17.8 Å². The van der Waals surface area contributed by atoms with E-state index >= 15 is 0 Å². The van der Waals surface area contributed by atoms with Crippen molar-refractivity contribution >= 4 is 11.6 Å². The van der Waals surface area contributed by atoms with Crippen molar-refractivity contribution in [1.29, 1.82) is 0 Å². The minimum absolute atomic E-state index is 0.0429. The summed E-state index contributed by atoms with van der Waals surface area (Å²) in [4.78, 5) is 18.9. The first-order valence-corrected chi connectivity index (χ1v) is 9.74. The van der Waals surface area contributed by atoms with Gasteiger partial charge in [0.15, 0.2) is 11.3 Å². The summed E-state index contributed by atoms with van der Waals surface area (Å²) < 4.78 is 40.9. The van der Waals surface area contributed by atoms with E-state index in [9.17, 15) is 23.1 Å². The number of aromatic nitrogens is 3. The van der Waals surface area contributed by atoms with Gasteiger partial charge in [0.05, 0.1) is 12.6 Å². The van der Waals surface area contributed by atoms with Gasteiger partial charge in [-0.3, -0.25) is 4.79 Å². The number of rotatable bonds is 4. The molecule has 1 aliphatic carbocycles. The summed E-state index contributed by atoms with van der Waals surface area (Å²) in [7, 11) is 0. The van der Waals surface area contributed by atoms with Crippen LogP contribution in [0, 0.1) is 6.92 Å². The summed E-state index contributed by atoms with van der Waals surface area (Å²) in [6, 6.07) is 9.70. The second-order valence-electron chi connectivity index (χ2n) is 7.41. The van der Waals surface area contributed by atoms with Crippen molar-refractivity contribution in [2.45, 2.75) is 38.4 Å². The molecule has 1 aliphatic rings. The van der Waals surface area contributed by atoms with Crippen molar-refractivity contribution < 1.29 is 23.1 Å². The SMILES string of the molecule is Cc1cc(C(F)(F)F)n2nc(C(=O)N(CCO)C3CCCc4ccccc43)cc2n1. The molecular weight excluding hydrogens is 397 g/mol. The lowest BCUT2D eigenvalue weighted by molar-refractivity contribution is -0.142. The van der Waals surface area contributed by atoms with Crippen LogP contribution in [0.15, 0.2) is 36.4 Å². The van der Waals surface area contributed by atoms with Crippen LogP contribution >= 0.6 is 0 Å². The maximum atomic E-state index is 13.4. The van der Waals surface area contributed by atoms with E-state index in [4.69, 9.17) is 0 Å². The molecule has 4 rings (SSSR count). The van der Waals surface area contributed by atoms with Gasteiger partial charge < -0.3 is 10.0 Å². The fraction of sp³-hybridized carbons (Fsp3) is 0.381.